The van der Waals surface area contributed by atoms with Gasteiger partial charge in [-0.15, -0.1) is 24.0 Å². The molecule has 2 atom stereocenters. The van der Waals surface area contributed by atoms with Crippen LogP contribution in [0.1, 0.15) is 24.9 Å². The molecule has 0 bridgehead atoms. The summed E-state index contributed by atoms with van der Waals surface area (Å²) in [5.41, 5.74) is 0.585. The monoisotopic (exact) mass is 496 g/mol. The van der Waals surface area contributed by atoms with Crippen LogP contribution in [0.4, 0.5) is 8.78 Å². The number of nitrogens with one attached hydrogen (secondary N) is 2. The third-order valence-corrected chi connectivity index (χ3v) is 4.25. The Morgan fingerprint density at radius 3 is 2.70 bits per heavy atom. The minimum absolute atomic E-state index is 0. The van der Waals surface area contributed by atoms with Gasteiger partial charge < -0.3 is 20.3 Å². The number of ether oxygens (including phenoxy) is 1. The molecule has 152 valence electrons. The van der Waals surface area contributed by atoms with Crippen LogP contribution < -0.4 is 10.6 Å². The fraction of sp³-hybridized carbons (Fsp3) is 0.556. The molecule has 0 aliphatic carbocycles. The molecule has 1 aliphatic heterocycles. The summed E-state index contributed by atoms with van der Waals surface area (Å²) < 4.78 is 31.9. The van der Waals surface area contributed by atoms with Gasteiger partial charge in [0, 0.05) is 33.2 Å². The number of carbonyl (C=O) groups excluding carboxylic acids is 1. The van der Waals surface area contributed by atoms with Crippen molar-refractivity contribution >= 4 is 35.8 Å². The largest absolute Gasteiger partial charge is 0.381 e. The maximum atomic E-state index is 13.5. The first kappa shape index (κ1) is 23.5. The number of aliphatic imine (C=N–C) groups is 1. The molecule has 1 aliphatic rings. The Bertz CT molecular complexity index is 652. The Morgan fingerprint density at radius 1 is 1.37 bits per heavy atom. The molecule has 1 aromatic carbocycles. The Kier molecular flexibility index (Phi) is 9.92. The summed E-state index contributed by atoms with van der Waals surface area (Å²) in [4.78, 5) is 17.6. The molecule has 9 heteroatoms. The summed E-state index contributed by atoms with van der Waals surface area (Å²) in [6, 6.07) is 3.45. The van der Waals surface area contributed by atoms with Crippen molar-refractivity contribution in [3.63, 3.8) is 0 Å². The second-order valence-electron chi connectivity index (χ2n) is 6.60. The van der Waals surface area contributed by atoms with Crippen molar-refractivity contribution in [1.82, 2.24) is 15.5 Å². The van der Waals surface area contributed by atoms with Gasteiger partial charge in [-0.1, -0.05) is 6.07 Å². The molecule has 1 heterocycles. The molecule has 1 fully saturated rings. The summed E-state index contributed by atoms with van der Waals surface area (Å²) in [5.74, 6) is -1.08. The first-order valence-electron chi connectivity index (χ1n) is 8.64. The zero-order chi connectivity index (χ0) is 19.1. The van der Waals surface area contributed by atoms with Gasteiger partial charge >= 0.3 is 0 Å². The smallest absolute Gasteiger partial charge is 0.243 e. The quantitative estimate of drug-likeness (QED) is 0.361. The summed E-state index contributed by atoms with van der Waals surface area (Å²) in [6.07, 6.45) is 0.968. The van der Waals surface area contributed by atoms with Gasteiger partial charge in [0.25, 0.3) is 0 Å². The van der Waals surface area contributed by atoms with E-state index in [0.29, 0.717) is 30.6 Å². The van der Waals surface area contributed by atoms with Crippen LogP contribution in [-0.4, -0.2) is 57.2 Å². The van der Waals surface area contributed by atoms with E-state index in [2.05, 4.69) is 15.6 Å². The molecular weight excluding hydrogens is 469 g/mol. The van der Waals surface area contributed by atoms with E-state index in [4.69, 9.17) is 4.74 Å². The molecule has 27 heavy (non-hydrogen) atoms. The SMILES string of the molecule is CC(NC(=NCC(=O)N(C)C)NCC1CCOC1)c1ccc(F)c(F)c1.I. The van der Waals surface area contributed by atoms with Crippen molar-refractivity contribution in [3.8, 4) is 0 Å². The predicted molar refractivity (Wildman–Crippen MR) is 111 cm³/mol. The molecule has 0 aromatic heterocycles. The number of rotatable bonds is 6. The van der Waals surface area contributed by atoms with Crippen LogP contribution in [0.2, 0.25) is 0 Å². The second kappa shape index (κ2) is 11.4. The number of amides is 1. The Morgan fingerprint density at radius 2 is 2.11 bits per heavy atom. The molecule has 1 saturated heterocycles. The maximum Gasteiger partial charge on any atom is 0.243 e. The number of benzene rings is 1. The van der Waals surface area contributed by atoms with Crippen LogP contribution in [0.5, 0.6) is 0 Å². The van der Waals surface area contributed by atoms with Crippen LogP contribution in [0.3, 0.4) is 0 Å². The minimum Gasteiger partial charge on any atom is -0.381 e. The molecule has 6 nitrogen and oxygen atoms in total. The lowest BCUT2D eigenvalue weighted by Crippen LogP contribution is -2.42. The lowest BCUT2D eigenvalue weighted by molar-refractivity contribution is -0.127. The zero-order valence-electron chi connectivity index (χ0n) is 15.8. The maximum absolute atomic E-state index is 13.5. The summed E-state index contributed by atoms with van der Waals surface area (Å²) >= 11 is 0. The molecule has 0 spiro atoms. The highest BCUT2D eigenvalue weighted by atomic mass is 127. The van der Waals surface area contributed by atoms with Crippen LogP contribution in [0.25, 0.3) is 0 Å². The van der Waals surface area contributed by atoms with Gasteiger partial charge in [-0.3, -0.25) is 4.79 Å². The summed E-state index contributed by atoms with van der Waals surface area (Å²) in [7, 11) is 3.33. The van der Waals surface area contributed by atoms with Gasteiger partial charge in [0.1, 0.15) is 6.54 Å². The highest BCUT2D eigenvalue weighted by molar-refractivity contribution is 14.0. The topological polar surface area (TPSA) is 66.0 Å². The average Bonchev–Trinajstić information content (AvgIpc) is 3.12. The minimum atomic E-state index is -0.895. The van der Waals surface area contributed by atoms with E-state index in [1.807, 2.05) is 6.92 Å². The molecule has 1 amide bonds. The Labute approximate surface area is 175 Å². The van der Waals surface area contributed by atoms with Gasteiger partial charge in [-0.2, -0.15) is 0 Å². The van der Waals surface area contributed by atoms with E-state index in [0.717, 1.165) is 25.2 Å². The number of hydrogen-bond acceptors (Lipinski definition) is 3. The fourth-order valence-electron chi connectivity index (χ4n) is 2.50. The molecule has 2 unspecified atom stereocenters. The van der Waals surface area contributed by atoms with E-state index in [1.54, 1.807) is 14.1 Å². The second-order valence-corrected chi connectivity index (χ2v) is 6.60. The number of hydrogen-bond donors (Lipinski definition) is 2. The normalized spacial score (nSPS) is 17.8. The van der Waals surface area contributed by atoms with Gasteiger partial charge in [-0.05, 0) is 31.0 Å². The van der Waals surface area contributed by atoms with Gasteiger partial charge in [0.15, 0.2) is 17.6 Å². The van der Waals surface area contributed by atoms with Gasteiger partial charge in [0.05, 0.1) is 12.6 Å². The molecule has 2 N–H and O–H groups in total. The van der Waals surface area contributed by atoms with Gasteiger partial charge in [0.2, 0.25) is 5.91 Å². The number of halogens is 3. The molecule has 1 aromatic rings. The van der Waals surface area contributed by atoms with Crippen molar-refractivity contribution in [1.29, 1.82) is 0 Å². The summed E-state index contributed by atoms with van der Waals surface area (Å²) in [6.45, 7) is 3.91. The Balaban J connectivity index is 0.00000364. The van der Waals surface area contributed by atoms with Crippen LogP contribution in [-0.2, 0) is 9.53 Å². The van der Waals surface area contributed by atoms with E-state index in [9.17, 15) is 13.6 Å². The third kappa shape index (κ3) is 7.57. The molecule has 2 rings (SSSR count). The van der Waals surface area contributed by atoms with Gasteiger partial charge in [-0.25, -0.2) is 13.8 Å². The average molecular weight is 496 g/mol. The highest BCUT2D eigenvalue weighted by Gasteiger charge is 2.17. The van der Waals surface area contributed by atoms with E-state index in [-0.39, 0.29) is 42.5 Å². The number of nitrogens with zero attached hydrogens (tertiary/aromatic N) is 2. The fourth-order valence-corrected chi connectivity index (χ4v) is 2.50. The van der Waals surface area contributed by atoms with E-state index >= 15 is 0 Å². The Hall–Kier alpha value is -1.49. The van der Waals surface area contributed by atoms with Crippen molar-refractivity contribution in [2.75, 3.05) is 40.4 Å². The predicted octanol–water partition coefficient (Wildman–Crippen LogP) is 2.30. The number of carbonyl (C=O) groups is 1. The van der Waals surface area contributed by atoms with Crippen LogP contribution >= 0.6 is 24.0 Å². The van der Waals surface area contributed by atoms with Crippen molar-refractivity contribution < 1.29 is 18.3 Å². The molecular formula is C18H27F2IN4O2. The lowest BCUT2D eigenvalue weighted by atomic mass is 10.1. The van der Waals surface area contributed by atoms with Crippen LogP contribution in [0.15, 0.2) is 23.2 Å². The van der Waals surface area contributed by atoms with Crippen molar-refractivity contribution in [2.24, 2.45) is 10.9 Å². The standard InChI is InChI=1S/C18H26F2N4O2.HI/c1-12(14-4-5-15(19)16(20)8-14)23-18(22-10-17(25)24(2)3)21-9-13-6-7-26-11-13;/h4-5,8,12-13H,6-7,9-11H2,1-3H3,(H2,21,22,23);1H. The molecule has 0 saturated carbocycles. The number of guanidine groups is 1. The number of likely N-dealkylation sites (N-methyl/N-ethyl adjacent to an activating group) is 1. The van der Waals surface area contributed by atoms with Crippen LogP contribution in [0, 0.1) is 17.6 Å². The third-order valence-electron chi connectivity index (χ3n) is 4.25. The summed E-state index contributed by atoms with van der Waals surface area (Å²) in [5, 5.41) is 6.34. The molecule has 0 radical (unpaired) electrons. The first-order chi connectivity index (χ1) is 12.4. The highest BCUT2D eigenvalue weighted by Crippen LogP contribution is 2.16. The van der Waals surface area contributed by atoms with E-state index < -0.39 is 11.6 Å². The van der Waals surface area contributed by atoms with Crippen molar-refractivity contribution in [2.45, 2.75) is 19.4 Å². The first-order valence-corrected chi connectivity index (χ1v) is 8.64. The van der Waals surface area contributed by atoms with Crippen molar-refractivity contribution in [3.05, 3.63) is 35.4 Å². The lowest BCUT2D eigenvalue weighted by Gasteiger charge is -2.20. The van der Waals surface area contributed by atoms with E-state index in [1.165, 1.54) is 11.0 Å². The zero-order valence-corrected chi connectivity index (χ0v) is 18.1.